The summed E-state index contributed by atoms with van der Waals surface area (Å²) in [6, 6.07) is 17.3. The van der Waals surface area contributed by atoms with E-state index < -0.39 is 24.0 Å². The van der Waals surface area contributed by atoms with E-state index in [2.05, 4.69) is 23.5 Å². The first-order chi connectivity index (χ1) is 16.5. The number of unbranched alkanes of at least 4 members (excludes halogenated alkanes) is 2. The second-order valence-corrected chi connectivity index (χ2v) is 8.70. The van der Waals surface area contributed by atoms with Gasteiger partial charge in [-0.1, -0.05) is 48.5 Å². The molecular weight excluding hydrogens is 434 g/mol. The third-order valence-corrected chi connectivity index (χ3v) is 6.51. The van der Waals surface area contributed by atoms with Crippen LogP contribution >= 0.6 is 0 Å². The van der Waals surface area contributed by atoms with E-state index in [0.29, 0.717) is 25.7 Å². The fourth-order valence-corrected chi connectivity index (χ4v) is 4.63. The lowest BCUT2D eigenvalue weighted by Crippen LogP contribution is -2.58. The molecule has 1 heterocycles. The molecule has 176 valence electrons. The lowest BCUT2D eigenvalue weighted by Gasteiger charge is -2.38. The van der Waals surface area contributed by atoms with Gasteiger partial charge in [0.05, 0.1) is 12.0 Å². The normalized spacial score (nSPS) is 15.4. The molecule has 0 saturated carbocycles. The Bertz CT molecular complexity index is 1070. The van der Waals surface area contributed by atoms with E-state index in [9.17, 15) is 14.4 Å². The number of aliphatic carboxylic acids is 1. The number of alkyl carbamates (subject to hydrolysis) is 1. The van der Waals surface area contributed by atoms with Gasteiger partial charge in [0, 0.05) is 25.4 Å². The monoisotopic (exact) mass is 461 g/mol. The lowest BCUT2D eigenvalue weighted by molar-refractivity contribution is -0.153. The number of nitriles is 1. The minimum absolute atomic E-state index is 0.0883. The molecule has 1 aliphatic heterocycles. The molecule has 0 spiro atoms. The van der Waals surface area contributed by atoms with Crippen molar-refractivity contribution in [3.63, 3.8) is 0 Å². The van der Waals surface area contributed by atoms with Gasteiger partial charge in [-0.3, -0.25) is 9.59 Å². The Morgan fingerprint density at radius 2 is 1.68 bits per heavy atom. The second kappa shape index (κ2) is 10.4. The Hall–Kier alpha value is -3.86. The van der Waals surface area contributed by atoms with Gasteiger partial charge in [-0.15, -0.1) is 0 Å². The van der Waals surface area contributed by atoms with Crippen molar-refractivity contribution in [1.82, 2.24) is 10.2 Å². The average Bonchev–Trinajstić information content (AvgIpc) is 3.12. The summed E-state index contributed by atoms with van der Waals surface area (Å²) < 4.78 is 5.57. The van der Waals surface area contributed by atoms with E-state index in [4.69, 9.17) is 15.1 Å². The number of fused-ring (bicyclic) bond motifs is 3. The number of hydrogen-bond donors (Lipinski definition) is 2. The summed E-state index contributed by atoms with van der Waals surface area (Å²) in [4.78, 5) is 38.1. The van der Waals surface area contributed by atoms with Crippen LogP contribution in [0.25, 0.3) is 11.1 Å². The summed E-state index contributed by atoms with van der Waals surface area (Å²) in [7, 11) is 0. The molecule has 34 heavy (non-hydrogen) atoms. The minimum atomic E-state index is -0.931. The van der Waals surface area contributed by atoms with E-state index in [1.807, 2.05) is 36.4 Å². The standard InChI is InChI=1S/C26H27N3O5/c27-13-7-1-2-12-23(24(30)29-14-17(15-29)25(31)32)28-26(33)34-16-22-20-10-5-3-8-18(20)19-9-4-6-11-21(19)22/h3-6,8-11,17,22-23H,1-2,7,12,14-16H2,(H,28,33)(H,31,32). The number of nitrogens with one attached hydrogen (secondary N) is 1. The largest absolute Gasteiger partial charge is 0.481 e. The first-order valence-electron chi connectivity index (χ1n) is 11.5. The van der Waals surface area contributed by atoms with Crippen LogP contribution in [0.4, 0.5) is 4.79 Å². The van der Waals surface area contributed by atoms with Crippen LogP contribution in [0.1, 0.15) is 42.7 Å². The first kappa shape index (κ1) is 23.3. The smallest absolute Gasteiger partial charge is 0.407 e. The predicted molar refractivity (Wildman–Crippen MR) is 124 cm³/mol. The quantitative estimate of drug-likeness (QED) is 0.552. The third kappa shape index (κ3) is 4.88. The molecular formula is C26H27N3O5. The van der Waals surface area contributed by atoms with Crippen molar-refractivity contribution < 1.29 is 24.2 Å². The van der Waals surface area contributed by atoms with Crippen LogP contribution in [0.2, 0.25) is 0 Å². The van der Waals surface area contributed by atoms with E-state index in [-0.39, 0.29) is 31.5 Å². The Labute approximate surface area is 198 Å². The van der Waals surface area contributed by atoms with Crippen LogP contribution in [0.3, 0.4) is 0 Å². The molecule has 0 aromatic heterocycles. The molecule has 0 radical (unpaired) electrons. The second-order valence-electron chi connectivity index (χ2n) is 8.70. The molecule has 0 bridgehead atoms. The van der Waals surface area contributed by atoms with Gasteiger partial charge in [0.25, 0.3) is 0 Å². The van der Waals surface area contributed by atoms with Crippen LogP contribution in [0, 0.1) is 17.2 Å². The maximum atomic E-state index is 12.9. The summed E-state index contributed by atoms with van der Waals surface area (Å²) in [6.45, 7) is 0.407. The topological polar surface area (TPSA) is 120 Å². The van der Waals surface area contributed by atoms with Crippen molar-refractivity contribution in [2.75, 3.05) is 19.7 Å². The fraction of sp³-hybridized carbons (Fsp3) is 0.385. The third-order valence-electron chi connectivity index (χ3n) is 6.51. The number of carbonyl (C=O) groups excluding carboxylic acids is 2. The molecule has 1 aliphatic carbocycles. The highest BCUT2D eigenvalue weighted by Gasteiger charge is 2.39. The summed E-state index contributed by atoms with van der Waals surface area (Å²) in [5.41, 5.74) is 4.45. The summed E-state index contributed by atoms with van der Waals surface area (Å²) >= 11 is 0. The Balaban J connectivity index is 1.38. The molecule has 1 saturated heterocycles. The Morgan fingerprint density at radius 3 is 2.26 bits per heavy atom. The van der Waals surface area contributed by atoms with E-state index in [1.165, 1.54) is 4.90 Å². The van der Waals surface area contributed by atoms with Gasteiger partial charge in [0.15, 0.2) is 0 Å². The van der Waals surface area contributed by atoms with Gasteiger partial charge in [-0.2, -0.15) is 5.26 Å². The number of carboxylic acid groups (broad SMARTS) is 1. The van der Waals surface area contributed by atoms with Gasteiger partial charge >= 0.3 is 12.1 Å². The molecule has 1 unspecified atom stereocenters. The minimum Gasteiger partial charge on any atom is -0.481 e. The molecule has 1 atom stereocenters. The maximum Gasteiger partial charge on any atom is 0.407 e. The summed E-state index contributed by atoms with van der Waals surface area (Å²) in [5.74, 6) is -1.91. The average molecular weight is 462 g/mol. The SMILES string of the molecule is N#CCCCCC(NC(=O)OCC1c2ccccc2-c2ccccc21)C(=O)N1CC(C(=O)O)C1. The number of likely N-dealkylation sites (tertiary alicyclic amines) is 1. The molecule has 4 rings (SSSR count). The zero-order valence-electron chi connectivity index (χ0n) is 18.8. The van der Waals surface area contributed by atoms with Gasteiger partial charge in [0.1, 0.15) is 12.6 Å². The van der Waals surface area contributed by atoms with Crippen molar-refractivity contribution in [2.24, 2.45) is 5.92 Å². The molecule has 2 aliphatic rings. The molecule has 2 N–H and O–H groups in total. The number of amides is 2. The number of nitrogens with zero attached hydrogens (tertiary/aromatic N) is 2. The highest BCUT2D eigenvalue weighted by Crippen LogP contribution is 2.44. The van der Waals surface area contributed by atoms with E-state index >= 15 is 0 Å². The number of ether oxygens (including phenoxy) is 1. The molecule has 2 amide bonds. The van der Waals surface area contributed by atoms with Crippen LogP contribution in [-0.4, -0.2) is 53.7 Å². The zero-order chi connectivity index (χ0) is 24.1. The Morgan fingerprint density at radius 1 is 1.06 bits per heavy atom. The fourth-order valence-electron chi connectivity index (χ4n) is 4.63. The molecule has 2 aromatic carbocycles. The zero-order valence-corrected chi connectivity index (χ0v) is 18.8. The van der Waals surface area contributed by atoms with Crippen molar-refractivity contribution in [3.05, 3.63) is 59.7 Å². The number of benzene rings is 2. The van der Waals surface area contributed by atoms with Gasteiger partial charge in [-0.05, 0) is 41.5 Å². The number of carboxylic acids is 1. The van der Waals surface area contributed by atoms with Gasteiger partial charge in [-0.25, -0.2) is 4.79 Å². The van der Waals surface area contributed by atoms with E-state index in [0.717, 1.165) is 22.3 Å². The van der Waals surface area contributed by atoms with Gasteiger partial charge < -0.3 is 20.1 Å². The van der Waals surface area contributed by atoms with Crippen LogP contribution in [-0.2, 0) is 14.3 Å². The Kier molecular flexibility index (Phi) is 7.12. The molecule has 1 fully saturated rings. The predicted octanol–water partition coefficient (Wildman–Crippen LogP) is 3.52. The summed E-state index contributed by atoms with van der Waals surface area (Å²) in [6.07, 6.45) is 1.25. The first-order valence-corrected chi connectivity index (χ1v) is 11.5. The van der Waals surface area contributed by atoms with Crippen LogP contribution in [0.5, 0.6) is 0 Å². The van der Waals surface area contributed by atoms with Gasteiger partial charge in [0.2, 0.25) is 5.91 Å². The number of hydrogen-bond acceptors (Lipinski definition) is 5. The molecule has 8 nitrogen and oxygen atoms in total. The lowest BCUT2D eigenvalue weighted by atomic mass is 9.98. The van der Waals surface area contributed by atoms with E-state index in [1.54, 1.807) is 0 Å². The van der Waals surface area contributed by atoms with Crippen molar-refractivity contribution in [2.45, 2.75) is 37.6 Å². The highest BCUT2D eigenvalue weighted by atomic mass is 16.5. The summed E-state index contributed by atoms with van der Waals surface area (Å²) in [5, 5.41) is 20.5. The molecule has 2 aromatic rings. The number of carbonyl (C=O) groups is 3. The highest BCUT2D eigenvalue weighted by molar-refractivity contribution is 5.88. The van der Waals surface area contributed by atoms with Crippen molar-refractivity contribution in [1.29, 1.82) is 5.26 Å². The maximum absolute atomic E-state index is 12.9. The van der Waals surface area contributed by atoms with Crippen molar-refractivity contribution in [3.8, 4) is 17.2 Å². The van der Waals surface area contributed by atoms with Crippen LogP contribution in [0.15, 0.2) is 48.5 Å². The van der Waals surface area contributed by atoms with Crippen molar-refractivity contribution >= 4 is 18.0 Å². The molecule has 8 heteroatoms. The number of rotatable bonds is 9. The van der Waals surface area contributed by atoms with Crippen LogP contribution < -0.4 is 5.32 Å².